The lowest BCUT2D eigenvalue weighted by Crippen LogP contribution is -2.58. The summed E-state index contributed by atoms with van der Waals surface area (Å²) in [4.78, 5) is 35.9. The third-order valence-electron chi connectivity index (χ3n) is 3.37. The number of nitrogens with zero attached hydrogens (tertiary/aromatic N) is 1. The molecule has 2 amide bonds. The van der Waals surface area contributed by atoms with Gasteiger partial charge in [-0.2, -0.15) is 0 Å². The number of carbonyl (C=O) groups excluding carboxylic acids is 2. The topological polar surface area (TPSA) is 98.7 Å². The zero-order valence-corrected chi connectivity index (χ0v) is 10.7. The van der Waals surface area contributed by atoms with Crippen molar-refractivity contribution in [3.8, 4) is 0 Å². The van der Waals surface area contributed by atoms with E-state index in [1.165, 1.54) is 4.90 Å². The third kappa shape index (κ3) is 3.92. The quantitative estimate of drug-likeness (QED) is 0.570. The maximum Gasteiger partial charge on any atom is 0.305 e. The number of carboxylic acids is 1. The van der Waals surface area contributed by atoms with Crippen LogP contribution < -0.4 is 10.6 Å². The van der Waals surface area contributed by atoms with Gasteiger partial charge in [-0.3, -0.25) is 14.4 Å². The molecule has 0 aromatic heterocycles. The van der Waals surface area contributed by atoms with Crippen LogP contribution in [-0.2, 0) is 14.4 Å². The van der Waals surface area contributed by atoms with Crippen LogP contribution in [0.25, 0.3) is 0 Å². The second-order valence-corrected chi connectivity index (χ2v) is 4.97. The molecule has 3 N–H and O–H groups in total. The summed E-state index contributed by atoms with van der Waals surface area (Å²) < 4.78 is 0. The fourth-order valence-corrected chi connectivity index (χ4v) is 2.20. The number of carboxylic acid groups (broad SMARTS) is 1. The van der Waals surface area contributed by atoms with Gasteiger partial charge in [-0.1, -0.05) is 0 Å². The highest BCUT2D eigenvalue weighted by atomic mass is 16.4. The average Bonchev–Trinajstić information content (AvgIpc) is 3.15. The number of hydrogen-bond acceptors (Lipinski definition) is 4. The Bertz CT molecular complexity index is 381. The van der Waals surface area contributed by atoms with Gasteiger partial charge < -0.3 is 20.6 Å². The summed E-state index contributed by atoms with van der Waals surface area (Å²) in [6, 6.07) is -0.341. The summed E-state index contributed by atoms with van der Waals surface area (Å²) in [6.45, 7) is 1.35. The van der Waals surface area contributed by atoms with Crippen molar-refractivity contribution in [2.75, 3.05) is 19.6 Å². The first-order valence-corrected chi connectivity index (χ1v) is 6.60. The second kappa shape index (κ2) is 6.01. The Kier molecular flexibility index (Phi) is 4.36. The Morgan fingerprint density at radius 1 is 1.42 bits per heavy atom. The first kappa shape index (κ1) is 13.8. The molecular weight excluding hydrogens is 250 g/mol. The normalized spacial score (nSPS) is 23.1. The van der Waals surface area contributed by atoms with Crippen LogP contribution >= 0.6 is 0 Å². The van der Waals surface area contributed by atoms with Crippen LogP contribution in [0.4, 0.5) is 0 Å². The van der Waals surface area contributed by atoms with Crippen molar-refractivity contribution in [2.24, 2.45) is 0 Å². The Labute approximate surface area is 111 Å². The van der Waals surface area contributed by atoms with Crippen LogP contribution in [0.3, 0.4) is 0 Å². The first-order valence-electron chi connectivity index (χ1n) is 6.60. The minimum atomic E-state index is -1.07. The number of aliphatic carboxylic acids is 1. The van der Waals surface area contributed by atoms with Crippen LogP contribution in [0.2, 0.25) is 0 Å². The summed E-state index contributed by atoms with van der Waals surface area (Å²) in [6.07, 6.45) is 2.28. The number of amides is 2. The molecule has 2 aliphatic rings. The second-order valence-electron chi connectivity index (χ2n) is 4.97. The highest BCUT2D eigenvalue weighted by Gasteiger charge is 2.34. The molecule has 7 heteroatoms. The molecule has 7 nitrogen and oxygen atoms in total. The monoisotopic (exact) mass is 269 g/mol. The molecule has 0 radical (unpaired) electrons. The largest absolute Gasteiger partial charge is 0.481 e. The van der Waals surface area contributed by atoms with E-state index in [1.807, 2.05) is 0 Å². The highest BCUT2D eigenvalue weighted by molar-refractivity contribution is 5.91. The lowest BCUT2D eigenvalue weighted by atomic mass is 10.1. The number of carbonyl (C=O) groups is 3. The predicted molar refractivity (Wildman–Crippen MR) is 66.4 cm³/mol. The molecule has 19 heavy (non-hydrogen) atoms. The molecule has 2 rings (SSSR count). The molecule has 1 saturated carbocycles. The smallest absolute Gasteiger partial charge is 0.305 e. The molecule has 106 valence electrons. The van der Waals surface area contributed by atoms with Gasteiger partial charge in [0.1, 0.15) is 6.04 Å². The van der Waals surface area contributed by atoms with Gasteiger partial charge in [-0.25, -0.2) is 0 Å². The standard InChI is InChI=1S/C12H19N3O4/c16-10(3-4-13-8-1-2-8)15-6-5-14-12(19)9(15)7-11(17)18/h8-9,13H,1-7H2,(H,14,19)(H,17,18). The van der Waals surface area contributed by atoms with E-state index >= 15 is 0 Å². The SMILES string of the molecule is O=C(O)CC1C(=O)NCCN1C(=O)CCNC1CC1. The first-order chi connectivity index (χ1) is 9.08. The van der Waals surface area contributed by atoms with Gasteiger partial charge >= 0.3 is 5.97 Å². The van der Waals surface area contributed by atoms with Crippen molar-refractivity contribution in [3.05, 3.63) is 0 Å². The molecule has 1 heterocycles. The minimum absolute atomic E-state index is 0.158. The van der Waals surface area contributed by atoms with Crippen molar-refractivity contribution < 1.29 is 19.5 Å². The zero-order chi connectivity index (χ0) is 13.8. The van der Waals surface area contributed by atoms with Gasteiger partial charge in [0.2, 0.25) is 11.8 Å². The Balaban J connectivity index is 1.87. The van der Waals surface area contributed by atoms with E-state index in [1.54, 1.807) is 0 Å². The lowest BCUT2D eigenvalue weighted by molar-refractivity contribution is -0.148. The van der Waals surface area contributed by atoms with Crippen LogP contribution in [0.5, 0.6) is 0 Å². The minimum Gasteiger partial charge on any atom is -0.481 e. The van der Waals surface area contributed by atoms with E-state index < -0.39 is 12.0 Å². The summed E-state index contributed by atoms with van der Waals surface area (Å²) in [5.41, 5.74) is 0. The molecule has 1 aliphatic heterocycles. The van der Waals surface area contributed by atoms with E-state index in [4.69, 9.17) is 5.11 Å². The van der Waals surface area contributed by atoms with Gasteiger partial charge in [0, 0.05) is 32.1 Å². The van der Waals surface area contributed by atoms with Crippen LogP contribution in [0.15, 0.2) is 0 Å². The van der Waals surface area contributed by atoms with Crippen molar-refractivity contribution in [1.82, 2.24) is 15.5 Å². The third-order valence-corrected chi connectivity index (χ3v) is 3.37. The number of rotatable bonds is 6. The molecule has 2 fully saturated rings. The summed E-state index contributed by atoms with van der Waals surface area (Å²) in [5.74, 6) is -1.61. The van der Waals surface area contributed by atoms with Gasteiger partial charge in [0.25, 0.3) is 0 Å². The predicted octanol–water partition coefficient (Wildman–Crippen LogP) is -1.07. The van der Waals surface area contributed by atoms with E-state index in [0.717, 1.165) is 12.8 Å². The molecular formula is C12H19N3O4. The maximum atomic E-state index is 12.1. The summed E-state index contributed by atoms with van der Waals surface area (Å²) in [5, 5.41) is 14.6. The molecule has 1 atom stereocenters. The van der Waals surface area contributed by atoms with Gasteiger partial charge in [0.15, 0.2) is 0 Å². The van der Waals surface area contributed by atoms with E-state index in [-0.39, 0.29) is 18.2 Å². The van der Waals surface area contributed by atoms with E-state index in [2.05, 4.69) is 10.6 Å². The Morgan fingerprint density at radius 3 is 2.79 bits per heavy atom. The Hall–Kier alpha value is -1.63. The Morgan fingerprint density at radius 2 is 2.16 bits per heavy atom. The summed E-state index contributed by atoms with van der Waals surface area (Å²) in [7, 11) is 0. The molecule has 1 aliphatic carbocycles. The fraction of sp³-hybridized carbons (Fsp3) is 0.750. The van der Waals surface area contributed by atoms with E-state index in [0.29, 0.717) is 32.1 Å². The number of hydrogen-bond donors (Lipinski definition) is 3. The molecule has 1 unspecified atom stereocenters. The van der Waals surface area contributed by atoms with Crippen molar-refractivity contribution in [1.29, 1.82) is 0 Å². The fourth-order valence-electron chi connectivity index (χ4n) is 2.20. The van der Waals surface area contributed by atoms with Crippen molar-refractivity contribution >= 4 is 17.8 Å². The highest BCUT2D eigenvalue weighted by Crippen LogP contribution is 2.18. The zero-order valence-electron chi connectivity index (χ0n) is 10.7. The molecule has 0 aromatic carbocycles. The molecule has 0 aromatic rings. The van der Waals surface area contributed by atoms with Crippen LogP contribution in [0.1, 0.15) is 25.7 Å². The lowest BCUT2D eigenvalue weighted by Gasteiger charge is -2.34. The van der Waals surface area contributed by atoms with E-state index in [9.17, 15) is 14.4 Å². The van der Waals surface area contributed by atoms with Crippen molar-refractivity contribution in [2.45, 2.75) is 37.8 Å². The average molecular weight is 269 g/mol. The van der Waals surface area contributed by atoms with Crippen molar-refractivity contribution in [3.63, 3.8) is 0 Å². The van der Waals surface area contributed by atoms with Crippen LogP contribution in [-0.4, -0.2) is 59.5 Å². The molecule has 0 spiro atoms. The molecule has 1 saturated heterocycles. The van der Waals surface area contributed by atoms with Crippen LogP contribution in [0, 0.1) is 0 Å². The number of nitrogens with one attached hydrogen (secondary N) is 2. The number of piperazine rings is 1. The van der Waals surface area contributed by atoms with Gasteiger partial charge in [-0.05, 0) is 12.8 Å². The molecule has 0 bridgehead atoms. The maximum absolute atomic E-state index is 12.1. The summed E-state index contributed by atoms with van der Waals surface area (Å²) >= 11 is 0. The van der Waals surface area contributed by atoms with Gasteiger partial charge in [0.05, 0.1) is 6.42 Å². The van der Waals surface area contributed by atoms with Gasteiger partial charge in [-0.15, -0.1) is 0 Å².